The highest BCUT2D eigenvalue weighted by atomic mass is 31.2. The highest BCUT2D eigenvalue weighted by Gasteiger charge is 2.10. The molecule has 0 fully saturated rings. The van der Waals surface area contributed by atoms with Gasteiger partial charge in [0.15, 0.2) is 8.69 Å². The molecule has 2 N–H and O–H groups in total. The van der Waals surface area contributed by atoms with Gasteiger partial charge in [-0.25, -0.2) is 8.88 Å². The molecule has 0 bridgehead atoms. The Morgan fingerprint density at radius 2 is 2.00 bits per heavy atom. The van der Waals surface area contributed by atoms with Gasteiger partial charge in [0.1, 0.15) is 0 Å². The normalized spacial score (nSPS) is 13.4. The fourth-order valence-corrected chi connectivity index (χ4v) is 0.505. The molecular formula is H4O5P2. The monoisotopic (exact) mass is 146 g/mol. The molecule has 0 amide bonds. The van der Waals surface area contributed by atoms with E-state index < -0.39 is 16.5 Å². The topological polar surface area (TPSA) is 83.8 Å². The summed E-state index contributed by atoms with van der Waals surface area (Å²) in [5.74, 6) is 0. The van der Waals surface area contributed by atoms with Crippen molar-refractivity contribution in [2.24, 2.45) is 0 Å². The number of hydrogen-bond donors (Lipinski definition) is 2. The Balaban J connectivity index is 3.57. The van der Waals surface area contributed by atoms with E-state index in [0.29, 0.717) is 0 Å². The van der Waals surface area contributed by atoms with Gasteiger partial charge in [-0.05, 0) is 0 Å². The highest BCUT2D eigenvalue weighted by molar-refractivity contribution is 7.52. The van der Waals surface area contributed by atoms with Gasteiger partial charge in [0.2, 0.25) is 0 Å². The Kier molecular flexibility index (Phi) is 2.73. The molecule has 1 atom stereocenters. The minimum Gasteiger partial charge on any atom is -0.302 e. The van der Waals surface area contributed by atoms with Crippen molar-refractivity contribution in [2.75, 3.05) is 0 Å². The van der Waals surface area contributed by atoms with E-state index >= 15 is 0 Å². The van der Waals surface area contributed by atoms with Gasteiger partial charge in [-0.3, -0.25) is 4.57 Å². The van der Waals surface area contributed by atoms with Crippen LogP contribution >= 0.6 is 16.5 Å². The van der Waals surface area contributed by atoms with Crippen LogP contribution in [0.5, 0.6) is 0 Å². The Morgan fingerprint density at radius 3 is 2.00 bits per heavy atom. The van der Waals surface area contributed by atoms with Gasteiger partial charge in [0.05, 0.1) is 0 Å². The molecule has 0 aliphatic rings. The van der Waals surface area contributed by atoms with Crippen LogP contribution in [-0.4, -0.2) is 9.79 Å². The van der Waals surface area contributed by atoms with Crippen molar-refractivity contribution in [3.8, 4) is 0 Å². The van der Waals surface area contributed by atoms with Crippen LogP contribution in [0.2, 0.25) is 0 Å². The molecule has 0 saturated carbocycles. The predicted octanol–water partition coefficient (Wildman–Crippen LogP) is -0.233. The van der Waals surface area contributed by atoms with Crippen LogP contribution in [0.15, 0.2) is 0 Å². The summed E-state index contributed by atoms with van der Waals surface area (Å²) in [6.45, 7) is 0. The molecule has 0 heterocycles. The first-order valence-electron chi connectivity index (χ1n) is 1.24. The van der Waals surface area contributed by atoms with Crippen molar-refractivity contribution >= 4 is 16.5 Å². The molecule has 7 heteroatoms. The average Bonchev–Trinajstić information content (AvgIpc) is 1.30. The lowest BCUT2D eigenvalue weighted by Crippen LogP contribution is -1.70. The van der Waals surface area contributed by atoms with Crippen molar-refractivity contribution in [1.29, 1.82) is 0 Å². The quantitative estimate of drug-likeness (QED) is 0.525. The Bertz CT molecular complexity index is 98.6. The number of phosphoric acid groups is 1. The van der Waals surface area contributed by atoms with E-state index in [9.17, 15) is 9.13 Å². The molecule has 0 radical (unpaired) electrons. The molecule has 0 spiro atoms. The maximum atomic E-state index is 9.52. The van der Waals surface area contributed by atoms with Crippen molar-refractivity contribution < 1.29 is 23.2 Å². The Hall–Kier alpha value is 0.340. The zero-order valence-corrected chi connectivity index (χ0v) is 5.19. The Labute approximate surface area is 40.8 Å². The van der Waals surface area contributed by atoms with Crippen LogP contribution in [0.25, 0.3) is 0 Å². The Morgan fingerprint density at radius 1 is 1.57 bits per heavy atom. The van der Waals surface area contributed by atoms with Gasteiger partial charge >= 0.3 is 7.82 Å². The second-order valence-corrected chi connectivity index (χ2v) is 2.71. The van der Waals surface area contributed by atoms with E-state index in [1.54, 1.807) is 0 Å². The maximum Gasteiger partial charge on any atom is 0.474 e. The molecule has 0 aromatic rings. The van der Waals surface area contributed by atoms with Gasteiger partial charge in [0, 0.05) is 0 Å². The molecule has 44 valence electrons. The van der Waals surface area contributed by atoms with Crippen molar-refractivity contribution in [3.63, 3.8) is 0 Å². The van der Waals surface area contributed by atoms with Crippen LogP contribution in [0.1, 0.15) is 0 Å². The largest absolute Gasteiger partial charge is 0.474 e. The SMILES string of the molecule is O=[PH2]OP(=O)(O)O. The summed E-state index contributed by atoms with van der Waals surface area (Å²) in [4.78, 5) is 15.5. The van der Waals surface area contributed by atoms with E-state index in [-0.39, 0.29) is 0 Å². The third-order valence-electron chi connectivity index (χ3n) is 0.180. The van der Waals surface area contributed by atoms with E-state index in [4.69, 9.17) is 9.79 Å². The summed E-state index contributed by atoms with van der Waals surface area (Å²) in [6.07, 6.45) is 0. The number of hydrogen-bond acceptors (Lipinski definition) is 3. The molecule has 0 aliphatic heterocycles. The first kappa shape index (κ1) is 7.34. The van der Waals surface area contributed by atoms with Crippen LogP contribution in [0.3, 0.4) is 0 Å². The average molecular weight is 146 g/mol. The summed E-state index contributed by atoms with van der Waals surface area (Å²) >= 11 is 0. The molecule has 1 unspecified atom stereocenters. The zero-order chi connectivity index (χ0) is 5.91. The standard InChI is InChI=1S/H4O5P2/c1-6-5-7(2,3)4/h6H2,(H2,2,3,4). The van der Waals surface area contributed by atoms with Gasteiger partial charge in [0.25, 0.3) is 0 Å². The fourth-order valence-electron chi connectivity index (χ4n) is 0.0561. The van der Waals surface area contributed by atoms with Gasteiger partial charge in [-0.1, -0.05) is 0 Å². The van der Waals surface area contributed by atoms with E-state index in [1.807, 2.05) is 0 Å². The summed E-state index contributed by atoms with van der Waals surface area (Å²) in [6, 6.07) is 0. The van der Waals surface area contributed by atoms with Gasteiger partial charge in [-0.15, -0.1) is 0 Å². The molecule has 0 aromatic heterocycles. The van der Waals surface area contributed by atoms with Gasteiger partial charge < -0.3 is 9.79 Å². The van der Waals surface area contributed by atoms with Gasteiger partial charge in [-0.2, -0.15) is 0 Å². The van der Waals surface area contributed by atoms with Crippen LogP contribution < -0.4 is 0 Å². The summed E-state index contributed by atoms with van der Waals surface area (Å²) in [5.41, 5.74) is 0. The molecule has 5 nitrogen and oxygen atoms in total. The lowest BCUT2D eigenvalue weighted by Gasteiger charge is -1.93. The van der Waals surface area contributed by atoms with E-state index in [1.165, 1.54) is 0 Å². The van der Waals surface area contributed by atoms with Crippen LogP contribution in [0, 0.1) is 0 Å². The molecule has 0 aromatic carbocycles. The van der Waals surface area contributed by atoms with E-state index in [2.05, 4.69) is 4.31 Å². The predicted molar refractivity (Wildman–Crippen MR) is 23.5 cm³/mol. The van der Waals surface area contributed by atoms with Crippen LogP contribution in [0.4, 0.5) is 0 Å². The first-order valence-corrected chi connectivity index (χ1v) is 3.71. The second kappa shape index (κ2) is 2.60. The summed E-state index contributed by atoms with van der Waals surface area (Å²) in [5, 5.41) is 0. The lowest BCUT2D eigenvalue weighted by atomic mass is 15.7. The number of rotatable bonds is 2. The highest BCUT2D eigenvalue weighted by Crippen LogP contribution is 2.39. The van der Waals surface area contributed by atoms with Crippen molar-refractivity contribution in [1.82, 2.24) is 0 Å². The third kappa shape index (κ3) is 6.34. The van der Waals surface area contributed by atoms with Crippen molar-refractivity contribution in [3.05, 3.63) is 0 Å². The lowest BCUT2D eigenvalue weighted by molar-refractivity contribution is 0.292. The molecule has 0 aliphatic carbocycles. The first-order chi connectivity index (χ1) is 3.06. The molecule has 0 saturated heterocycles. The van der Waals surface area contributed by atoms with Crippen molar-refractivity contribution in [2.45, 2.75) is 0 Å². The molecule has 7 heavy (non-hydrogen) atoms. The zero-order valence-electron chi connectivity index (χ0n) is 3.14. The summed E-state index contributed by atoms with van der Waals surface area (Å²) in [7, 11) is -6.24. The minimum absolute atomic E-state index is 1.80. The third-order valence-corrected chi connectivity index (χ3v) is 1.62. The smallest absolute Gasteiger partial charge is 0.302 e. The second-order valence-electron chi connectivity index (χ2n) is 0.692. The van der Waals surface area contributed by atoms with Crippen LogP contribution in [-0.2, 0) is 13.4 Å². The fraction of sp³-hybridized carbons (Fsp3) is 0. The summed E-state index contributed by atoms with van der Waals surface area (Å²) < 4.78 is 22.3. The molecule has 0 rings (SSSR count). The maximum absolute atomic E-state index is 9.52. The molecular weight excluding hydrogens is 142 g/mol. The minimum atomic E-state index is -4.44. The van der Waals surface area contributed by atoms with E-state index in [0.717, 1.165) is 0 Å².